The van der Waals surface area contributed by atoms with Crippen molar-refractivity contribution in [1.29, 1.82) is 0 Å². The molecule has 0 saturated heterocycles. The van der Waals surface area contributed by atoms with Gasteiger partial charge in [-0.3, -0.25) is 0 Å². The highest BCUT2D eigenvalue weighted by Crippen LogP contribution is 2.28. The van der Waals surface area contributed by atoms with Crippen LogP contribution in [-0.4, -0.2) is 20.3 Å². The molecule has 4 heteroatoms. The van der Waals surface area contributed by atoms with Gasteiger partial charge in [0, 0.05) is 13.0 Å². The topological polar surface area (TPSA) is 30.5 Å². The number of ether oxygens (including phenoxy) is 2. The number of thiophene rings is 1. The second kappa shape index (κ2) is 7.92. The van der Waals surface area contributed by atoms with Crippen molar-refractivity contribution in [1.82, 2.24) is 5.32 Å². The van der Waals surface area contributed by atoms with Gasteiger partial charge in [-0.2, -0.15) is 11.3 Å². The first kappa shape index (κ1) is 14.9. The summed E-state index contributed by atoms with van der Waals surface area (Å²) in [6, 6.07) is 8.23. The average molecular weight is 291 g/mol. The third-order valence-corrected chi connectivity index (χ3v) is 3.65. The second-order valence-electron chi connectivity index (χ2n) is 4.47. The lowest BCUT2D eigenvalue weighted by Gasteiger charge is -2.13. The Morgan fingerprint density at radius 2 is 2.00 bits per heavy atom. The van der Waals surface area contributed by atoms with E-state index in [0.717, 1.165) is 24.5 Å². The summed E-state index contributed by atoms with van der Waals surface area (Å²) in [6.45, 7) is 4.13. The van der Waals surface area contributed by atoms with Crippen LogP contribution in [0.3, 0.4) is 0 Å². The molecule has 0 aliphatic heterocycles. The first-order valence-electron chi connectivity index (χ1n) is 6.87. The minimum Gasteiger partial charge on any atom is -0.490 e. The van der Waals surface area contributed by atoms with Crippen molar-refractivity contribution in [3.05, 3.63) is 46.2 Å². The van der Waals surface area contributed by atoms with Gasteiger partial charge in [-0.15, -0.1) is 0 Å². The molecule has 0 spiro atoms. The number of benzene rings is 1. The molecule has 0 saturated carbocycles. The summed E-state index contributed by atoms with van der Waals surface area (Å²) in [5.41, 5.74) is 2.51. The molecular formula is C16H21NO2S. The Bertz CT molecular complexity index is 511. The molecule has 0 fully saturated rings. The second-order valence-corrected chi connectivity index (χ2v) is 5.25. The zero-order chi connectivity index (χ0) is 14.2. The molecule has 1 aromatic heterocycles. The van der Waals surface area contributed by atoms with Gasteiger partial charge in [0.05, 0.1) is 13.2 Å². The van der Waals surface area contributed by atoms with E-state index in [-0.39, 0.29) is 0 Å². The molecule has 108 valence electrons. The van der Waals surface area contributed by atoms with Crippen LogP contribution in [-0.2, 0) is 13.0 Å². The fraction of sp³-hybridized carbons (Fsp3) is 0.375. The number of hydrogen-bond acceptors (Lipinski definition) is 4. The fourth-order valence-electron chi connectivity index (χ4n) is 1.97. The molecule has 3 nitrogen and oxygen atoms in total. The molecule has 20 heavy (non-hydrogen) atoms. The molecule has 0 atom stereocenters. The first-order valence-corrected chi connectivity index (χ1v) is 7.82. The van der Waals surface area contributed by atoms with Gasteiger partial charge in [0.15, 0.2) is 11.5 Å². The van der Waals surface area contributed by atoms with Crippen LogP contribution < -0.4 is 14.8 Å². The van der Waals surface area contributed by atoms with Crippen LogP contribution in [0.15, 0.2) is 35.0 Å². The van der Waals surface area contributed by atoms with E-state index in [1.807, 2.05) is 26.1 Å². The lowest BCUT2D eigenvalue weighted by molar-refractivity contribution is 0.279. The lowest BCUT2D eigenvalue weighted by Crippen LogP contribution is -2.07. The highest BCUT2D eigenvalue weighted by molar-refractivity contribution is 7.07. The van der Waals surface area contributed by atoms with Crippen LogP contribution in [0.1, 0.15) is 18.1 Å². The smallest absolute Gasteiger partial charge is 0.161 e. The quantitative estimate of drug-likeness (QED) is 0.807. The summed E-state index contributed by atoms with van der Waals surface area (Å²) in [6.07, 6.45) is 0.924. The Labute approximate surface area is 124 Å². The largest absolute Gasteiger partial charge is 0.490 e. The van der Waals surface area contributed by atoms with E-state index < -0.39 is 0 Å². The molecule has 0 radical (unpaired) electrons. The molecule has 0 unspecified atom stereocenters. The van der Waals surface area contributed by atoms with Crippen LogP contribution in [0.4, 0.5) is 0 Å². The fourth-order valence-corrected chi connectivity index (χ4v) is 2.67. The van der Waals surface area contributed by atoms with E-state index in [9.17, 15) is 0 Å². The molecule has 1 aromatic carbocycles. The lowest BCUT2D eigenvalue weighted by atomic mass is 10.2. The van der Waals surface area contributed by atoms with Gasteiger partial charge < -0.3 is 14.8 Å². The summed E-state index contributed by atoms with van der Waals surface area (Å²) < 4.78 is 11.5. The van der Waals surface area contributed by atoms with Crippen LogP contribution in [0.5, 0.6) is 11.5 Å². The van der Waals surface area contributed by atoms with E-state index >= 15 is 0 Å². The minimum absolute atomic E-state index is 0.643. The maximum Gasteiger partial charge on any atom is 0.161 e. The SMILES string of the molecule is CCOc1cc(CNC)ccc1OCCc1ccsc1. The van der Waals surface area contributed by atoms with Crippen molar-refractivity contribution >= 4 is 11.3 Å². The number of rotatable bonds is 8. The zero-order valence-electron chi connectivity index (χ0n) is 12.0. The van der Waals surface area contributed by atoms with Gasteiger partial charge in [-0.1, -0.05) is 6.07 Å². The van der Waals surface area contributed by atoms with Gasteiger partial charge in [-0.05, 0) is 54.1 Å². The molecule has 0 bridgehead atoms. The summed E-state index contributed by atoms with van der Waals surface area (Å²) in [4.78, 5) is 0. The van der Waals surface area contributed by atoms with Gasteiger partial charge >= 0.3 is 0 Å². The van der Waals surface area contributed by atoms with Crippen molar-refractivity contribution in [3.63, 3.8) is 0 Å². The van der Waals surface area contributed by atoms with Gasteiger partial charge in [-0.25, -0.2) is 0 Å². The van der Waals surface area contributed by atoms with Crippen molar-refractivity contribution in [3.8, 4) is 11.5 Å². The standard InChI is InChI=1S/C16H21NO2S/c1-3-18-16-10-14(11-17-2)4-5-15(16)19-8-6-13-7-9-20-12-13/h4-5,7,9-10,12,17H,3,6,8,11H2,1-2H3. The summed E-state index contributed by atoms with van der Waals surface area (Å²) in [7, 11) is 1.94. The van der Waals surface area contributed by atoms with Crippen LogP contribution in [0.25, 0.3) is 0 Å². The molecule has 2 rings (SSSR count). The van der Waals surface area contributed by atoms with Crippen molar-refractivity contribution in [2.75, 3.05) is 20.3 Å². The zero-order valence-corrected chi connectivity index (χ0v) is 12.8. The van der Waals surface area contributed by atoms with Crippen LogP contribution in [0, 0.1) is 0 Å². The summed E-state index contributed by atoms with van der Waals surface area (Å²) in [5, 5.41) is 7.39. The molecule has 1 heterocycles. The number of nitrogens with one attached hydrogen (secondary N) is 1. The Morgan fingerprint density at radius 3 is 2.70 bits per heavy atom. The minimum atomic E-state index is 0.643. The maximum absolute atomic E-state index is 5.86. The molecule has 1 N–H and O–H groups in total. The van der Waals surface area contributed by atoms with E-state index in [2.05, 4.69) is 28.2 Å². The third-order valence-electron chi connectivity index (χ3n) is 2.92. The molecule has 0 aliphatic carbocycles. The molecule has 0 amide bonds. The Hall–Kier alpha value is -1.52. The van der Waals surface area contributed by atoms with Crippen molar-refractivity contribution < 1.29 is 9.47 Å². The van der Waals surface area contributed by atoms with Crippen LogP contribution in [0.2, 0.25) is 0 Å². The van der Waals surface area contributed by atoms with E-state index in [0.29, 0.717) is 13.2 Å². The van der Waals surface area contributed by atoms with Crippen molar-refractivity contribution in [2.24, 2.45) is 0 Å². The molecule has 0 aliphatic rings. The van der Waals surface area contributed by atoms with Gasteiger partial charge in [0.25, 0.3) is 0 Å². The van der Waals surface area contributed by atoms with Gasteiger partial charge in [0.1, 0.15) is 0 Å². The van der Waals surface area contributed by atoms with Crippen molar-refractivity contribution in [2.45, 2.75) is 19.9 Å². The average Bonchev–Trinajstić information content (AvgIpc) is 2.95. The predicted octanol–water partition coefficient (Wildman–Crippen LogP) is 3.49. The van der Waals surface area contributed by atoms with Crippen LogP contribution >= 0.6 is 11.3 Å². The summed E-state index contributed by atoms with van der Waals surface area (Å²) in [5.74, 6) is 1.65. The normalized spacial score (nSPS) is 10.5. The summed E-state index contributed by atoms with van der Waals surface area (Å²) >= 11 is 1.72. The maximum atomic E-state index is 5.86. The van der Waals surface area contributed by atoms with E-state index in [1.54, 1.807) is 11.3 Å². The predicted molar refractivity (Wildman–Crippen MR) is 83.9 cm³/mol. The molecular weight excluding hydrogens is 270 g/mol. The number of hydrogen-bond donors (Lipinski definition) is 1. The first-order chi connectivity index (χ1) is 9.83. The van der Waals surface area contributed by atoms with Gasteiger partial charge in [0.2, 0.25) is 0 Å². The Kier molecular flexibility index (Phi) is 5.89. The van der Waals surface area contributed by atoms with E-state index in [1.165, 1.54) is 11.1 Å². The monoisotopic (exact) mass is 291 g/mol. The Balaban J connectivity index is 1.98. The van der Waals surface area contributed by atoms with E-state index in [4.69, 9.17) is 9.47 Å². The molecule has 2 aromatic rings. The highest BCUT2D eigenvalue weighted by atomic mass is 32.1. The third kappa shape index (κ3) is 4.25. The Morgan fingerprint density at radius 1 is 1.10 bits per heavy atom. The highest BCUT2D eigenvalue weighted by Gasteiger charge is 2.06.